The molecule has 4 nitrogen and oxygen atoms in total. The molecule has 0 bridgehead atoms. The van der Waals surface area contributed by atoms with Gasteiger partial charge in [-0.1, -0.05) is 23.8 Å². The molecule has 1 heterocycles. The molecule has 0 aromatic carbocycles. The standard InChI is InChI=1S/C10H15ClN2O2S3/c1-7-6-9(17-10(7)11)18(14,15)13-5-3-2-4-8(12)16/h6,13H,2-5H2,1H3,(H2,12,16). The highest BCUT2D eigenvalue weighted by molar-refractivity contribution is 7.91. The van der Waals surface area contributed by atoms with E-state index in [1.165, 1.54) is 0 Å². The van der Waals surface area contributed by atoms with Gasteiger partial charge in [0.25, 0.3) is 0 Å². The summed E-state index contributed by atoms with van der Waals surface area (Å²) in [6.45, 7) is 2.15. The normalized spacial score (nSPS) is 11.7. The van der Waals surface area contributed by atoms with Crippen LogP contribution in [-0.4, -0.2) is 20.0 Å². The van der Waals surface area contributed by atoms with E-state index in [-0.39, 0.29) is 4.21 Å². The molecule has 18 heavy (non-hydrogen) atoms. The van der Waals surface area contributed by atoms with E-state index in [0.29, 0.717) is 28.7 Å². The number of thiophene rings is 1. The molecule has 0 fully saturated rings. The van der Waals surface area contributed by atoms with E-state index >= 15 is 0 Å². The first-order valence-corrected chi connectivity index (χ1v) is 8.45. The molecule has 0 atom stereocenters. The van der Waals surface area contributed by atoms with Gasteiger partial charge in [-0.05, 0) is 37.8 Å². The van der Waals surface area contributed by atoms with E-state index in [1.54, 1.807) is 13.0 Å². The van der Waals surface area contributed by atoms with Crippen LogP contribution in [0.1, 0.15) is 24.8 Å². The van der Waals surface area contributed by atoms with Crippen LogP contribution >= 0.6 is 35.2 Å². The maximum Gasteiger partial charge on any atom is 0.250 e. The molecule has 3 N–H and O–H groups in total. The number of hydrogen-bond donors (Lipinski definition) is 2. The Hall–Kier alpha value is -0.210. The highest BCUT2D eigenvalue weighted by Crippen LogP contribution is 2.29. The summed E-state index contributed by atoms with van der Waals surface area (Å²) in [6.07, 6.45) is 2.12. The van der Waals surface area contributed by atoms with Crippen molar-refractivity contribution < 1.29 is 8.42 Å². The van der Waals surface area contributed by atoms with Crippen molar-refractivity contribution in [3.05, 3.63) is 16.0 Å². The molecule has 0 aliphatic heterocycles. The van der Waals surface area contributed by atoms with Gasteiger partial charge in [0.2, 0.25) is 10.0 Å². The van der Waals surface area contributed by atoms with Crippen LogP contribution in [0.15, 0.2) is 10.3 Å². The molecule has 0 saturated carbocycles. The molecule has 0 radical (unpaired) electrons. The van der Waals surface area contributed by atoms with Crippen molar-refractivity contribution in [2.75, 3.05) is 6.54 Å². The van der Waals surface area contributed by atoms with E-state index in [0.717, 1.165) is 23.3 Å². The van der Waals surface area contributed by atoms with Crippen molar-refractivity contribution in [1.82, 2.24) is 4.72 Å². The number of aryl methyl sites for hydroxylation is 1. The van der Waals surface area contributed by atoms with Crippen LogP contribution in [0.3, 0.4) is 0 Å². The minimum absolute atomic E-state index is 0.249. The number of nitrogens with one attached hydrogen (secondary N) is 1. The monoisotopic (exact) mass is 326 g/mol. The topological polar surface area (TPSA) is 72.2 Å². The fourth-order valence-electron chi connectivity index (χ4n) is 1.27. The molecule has 8 heteroatoms. The van der Waals surface area contributed by atoms with Crippen molar-refractivity contribution in [3.63, 3.8) is 0 Å². The van der Waals surface area contributed by atoms with E-state index in [9.17, 15) is 8.42 Å². The Balaban J connectivity index is 2.48. The number of thiocarbonyl (C=S) groups is 1. The summed E-state index contributed by atoms with van der Waals surface area (Å²) in [6, 6.07) is 1.57. The third-order valence-electron chi connectivity index (χ3n) is 2.24. The fourth-order valence-corrected chi connectivity index (χ4v) is 4.24. The zero-order valence-corrected chi connectivity index (χ0v) is 13.1. The first-order valence-electron chi connectivity index (χ1n) is 5.37. The Morgan fingerprint density at radius 2 is 2.22 bits per heavy atom. The number of sulfonamides is 1. The Bertz CT molecular complexity index is 506. The quantitative estimate of drug-likeness (QED) is 0.596. The van der Waals surface area contributed by atoms with Gasteiger partial charge in [0, 0.05) is 6.54 Å². The number of halogens is 1. The highest BCUT2D eigenvalue weighted by atomic mass is 35.5. The number of nitrogens with two attached hydrogens (primary N) is 1. The van der Waals surface area contributed by atoms with Gasteiger partial charge in [0.1, 0.15) is 4.21 Å². The lowest BCUT2D eigenvalue weighted by molar-refractivity contribution is 0.579. The van der Waals surface area contributed by atoms with Gasteiger partial charge in [-0.25, -0.2) is 13.1 Å². The van der Waals surface area contributed by atoms with E-state index in [2.05, 4.69) is 4.72 Å². The second-order valence-electron chi connectivity index (χ2n) is 3.84. The van der Waals surface area contributed by atoms with Gasteiger partial charge >= 0.3 is 0 Å². The second-order valence-corrected chi connectivity index (χ2v) is 8.02. The average molecular weight is 327 g/mol. The Kier molecular flexibility index (Phi) is 6.00. The van der Waals surface area contributed by atoms with Crippen LogP contribution in [0.2, 0.25) is 4.34 Å². The summed E-state index contributed by atoms with van der Waals surface area (Å²) >= 11 is 11.7. The minimum atomic E-state index is -3.44. The van der Waals surface area contributed by atoms with Gasteiger partial charge in [0.15, 0.2) is 0 Å². The molecular formula is C10H15ClN2O2S3. The van der Waals surface area contributed by atoms with Crippen molar-refractivity contribution in [1.29, 1.82) is 0 Å². The molecule has 0 aliphatic carbocycles. The first-order chi connectivity index (χ1) is 8.33. The summed E-state index contributed by atoms with van der Waals surface area (Å²) in [5, 5.41) is 0. The lowest BCUT2D eigenvalue weighted by Crippen LogP contribution is -2.24. The predicted molar refractivity (Wildman–Crippen MR) is 79.9 cm³/mol. The molecule has 102 valence electrons. The lowest BCUT2D eigenvalue weighted by Gasteiger charge is -2.04. The molecule has 1 aromatic heterocycles. The lowest BCUT2D eigenvalue weighted by atomic mass is 10.2. The third kappa shape index (κ3) is 4.81. The molecule has 1 aromatic rings. The van der Waals surface area contributed by atoms with E-state index in [1.807, 2.05) is 0 Å². The van der Waals surface area contributed by atoms with Gasteiger partial charge in [-0.2, -0.15) is 0 Å². The Morgan fingerprint density at radius 1 is 1.56 bits per heavy atom. The number of rotatable bonds is 7. The number of unbranched alkanes of at least 4 members (excludes halogenated alkanes) is 1. The molecule has 0 saturated heterocycles. The summed E-state index contributed by atoms with van der Waals surface area (Å²) in [7, 11) is -3.44. The van der Waals surface area contributed by atoms with Crippen LogP contribution in [-0.2, 0) is 10.0 Å². The zero-order valence-electron chi connectivity index (χ0n) is 9.90. The largest absolute Gasteiger partial charge is 0.393 e. The SMILES string of the molecule is Cc1cc(S(=O)(=O)NCCCCC(N)=S)sc1Cl. The average Bonchev–Trinajstić information content (AvgIpc) is 2.59. The van der Waals surface area contributed by atoms with Crippen LogP contribution in [0.4, 0.5) is 0 Å². The van der Waals surface area contributed by atoms with Crippen molar-refractivity contribution in [2.24, 2.45) is 5.73 Å². The Labute approximate surface area is 122 Å². The molecule has 0 spiro atoms. The second kappa shape index (κ2) is 6.81. The van der Waals surface area contributed by atoms with E-state index < -0.39 is 10.0 Å². The predicted octanol–water partition coefficient (Wildman–Crippen LogP) is 2.44. The zero-order chi connectivity index (χ0) is 13.8. The summed E-state index contributed by atoms with van der Waals surface area (Å²) in [4.78, 5) is 0.457. The molecular weight excluding hydrogens is 312 g/mol. The Morgan fingerprint density at radius 3 is 2.72 bits per heavy atom. The molecule has 0 amide bonds. The third-order valence-corrected chi connectivity index (χ3v) is 5.94. The highest BCUT2D eigenvalue weighted by Gasteiger charge is 2.17. The van der Waals surface area contributed by atoms with Crippen LogP contribution in [0, 0.1) is 6.92 Å². The summed E-state index contributed by atoms with van der Waals surface area (Å²) in [5.41, 5.74) is 6.12. The van der Waals surface area contributed by atoms with Gasteiger partial charge in [0.05, 0.1) is 9.32 Å². The van der Waals surface area contributed by atoms with Crippen molar-refractivity contribution in [3.8, 4) is 0 Å². The van der Waals surface area contributed by atoms with Crippen molar-refractivity contribution in [2.45, 2.75) is 30.4 Å². The van der Waals surface area contributed by atoms with Gasteiger partial charge in [-0.15, -0.1) is 11.3 Å². The smallest absolute Gasteiger partial charge is 0.250 e. The van der Waals surface area contributed by atoms with E-state index in [4.69, 9.17) is 29.6 Å². The fraction of sp³-hybridized carbons (Fsp3) is 0.500. The summed E-state index contributed by atoms with van der Waals surface area (Å²) in [5.74, 6) is 0. The summed E-state index contributed by atoms with van der Waals surface area (Å²) < 4.78 is 27.1. The first kappa shape index (κ1) is 15.8. The molecule has 1 rings (SSSR count). The molecule has 0 aliphatic rings. The number of hydrogen-bond acceptors (Lipinski definition) is 4. The van der Waals surface area contributed by atoms with Crippen LogP contribution in [0.5, 0.6) is 0 Å². The van der Waals surface area contributed by atoms with Gasteiger partial charge in [-0.3, -0.25) is 0 Å². The maximum atomic E-state index is 11.9. The molecule has 0 unspecified atom stereocenters. The minimum Gasteiger partial charge on any atom is -0.393 e. The maximum absolute atomic E-state index is 11.9. The van der Waals surface area contributed by atoms with Crippen LogP contribution in [0.25, 0.3) is 0 Å². The van der Waals surface area contributed by atoms with Gasteiger partial charge < -0.3 is 5.73 Å². The van der Waals surface area contributed by atoms with Crippen molar-refractivity contribution >= 4 is 50.2 Å². The van der Waals surface area contributed by atoms with Crippen LogP contribution < -0.4 is 10.5 Å².